The molecule has 146 valence electrons. The second kappa shape index (κ2) is 8.69. The van der Waals surface area contributed by atoms with Crippen LogP contribution >= 0.6 is 0 Å². The van der Waals surface area contributed by atoms with Crippen molar-refractivity contribution < 1.29 is 9.32 Å². The van der Waals surface area contributed by atoms with Gasteiger partial charge < -0.3 is 15.2 Å². The maximum Gasteiger partial charge on any atom is 0.246 e. The minimum atomic E-state index is -0.0140. The molecule has 2 N–H and O–H groups in total. The van der Waals surface area contributed by atoms with Gasteiger partial charge in [-0.1, -0.05) is 56.3 Å². The van der Waals surface area contributed by atoms with Gasteiger partial charge in [0.1, 0.15) is 0 Å². The normalized spacial score (nSPS) is 10.9. The number of aryl methyl sites for hydroxylation is 1. The van der Waals surface area contributed by atoms with E-state index in [4.69, 9.17) is 4.52 Å². The molecule has 0 aliphatic rings. The van der Waals surface area contributed by atoms with Crippen molar-refractivity contribution in [1.29, 1.82) is 0 Å². The number of hydrogen-bond acceptors (Lipinski definition) is 5. The van der Waals surface area contributed by atoms with Crippen molar-refractivity contribution in [3.8, 4) is 11.4 Å². The Labute approximate surface area is 165 Å². The zero-order chi connectivity index (χ0) is 20.1. The average Bonchev–Trinajstić information content (AvgIpc) is 3.17. The van der Waals surface area contributed by atoms with Crippen LogP contribution in [0, 0.1) is 6.92 Å². The quantitative estimate of drug-likeness (QED) is 0.596. The molecule has 2 aromatic carbocycles. The van der Waals surface area contributed by atoms with Gasteiger partial charge in [-0.05, 0) is 36.1 Å². The molecule has 1 heterocycles. The highest BCUT2D eigenvalue weighted by atomic mass is 16.5. The first-order chi connectivity index (χ1) is 13.5. The van der Waals surface area contributed by atoms with Crippen LogP contribution in [0.25, 0.3) is 11.4 Å². The van der Waals surface area contributed by atoms with E-state index in [2.05, 4.69) is 46.8 Å². The number of benzene rings is 2. The van der Waals surface area contributed by atoms with Crippen molar-refractivity contribution >= 4 is 17.3 Å². The van der Waals surface area contributed by atoms with Crippen molar-refractivity contribution in [1.82, 2.24) is 10.1 Å². The predicted octanol–water partition coefficient (Wildman–Crippen LogP) is 5.13. The number of aromatic nitrogens is 2. The molecule has 0 aliphatic heterocycles. The van der Waals surface area contributed by atoms with E-state index >= 15 is 0 Å². The first-order valence-corrected chi connectivity index (χ1v) is 9.53. The summed E-state index contributed by atoms with van der Waals surface area (Å²) in [6.45, 7) is 8.56. The van der Waals surface area contributed by atoms with Gasteiger partial charge in [0.05, 0.1) is 6.54 Å². The van der Waals surface area contributed by atoms with Crippen molar-refractivity contribution in [2.45, 2.75) is 46.6 Å². The van der Waals surface area contributed by atoms with Crippen LogP contribution in [0.2, 0.25) is 0 Å². The van der Waals surface area contributed by atoms with Gasteiger partial charge >= 0.3 is 0 Å². The first-order valence-electron chi connectivity index (χ1n) is 9.53. The molecule has 0 bridgehead atoms. The molecule has 3 aromatic rings. The zero-order valence-electron chi connectivity index (χ0n) is 16.7. The second-order valence-electron chi connectivity index (χ2n) is 7.07. The highest BCUT2D eigenvalue weighted by Crippen LogP contribution is 2.23. The molecule has 1 aromatic heterocycles. The number of carbonyl (C=O) groups excluding carboxylic acids is 1. The molecule has 3 rings (SSSR count). The molecule has 0 atom stereocenters. The van der Waals surface area contributed by atoms with Crippen LogP contribution in [0.4, 0.5) is 11.4 Å². The Kier molecular flexibility index (Phi) is 6.09. The Balaban J connectivity index is 1.67. The number of carbonyl (C=O) groups is 1. The van der Waals surface area contributed by atoms with E-state index in [9.17, 15) is 4.79 Å². The number of hydrogen-bond donors (Lipinski definition) is 2. The molecule has 0 fully saturated rings. The number of anilines is 2. The summed E-state index contributed by atoms with van der Waals surface area (Å²) in [6, 6.07) is 14.0. The monoisotopic (exact) mass is 378 g/mol. The van der Waals surface area contributed by atoms with Crippen LogP contribution in [-0.2, 0) is 11.3 Å². The SMILES string of the molecule is CCC(=O)Nc1ccc(C)c(NCc2nc(-c3ccc(C(C)C)cc3)no2)c1. The van der Waals surface area contributed by atoms with Gasteiger partial charge in [-0.2, -0.15) is 4.98 Å². The van der Waals surface area contributed by atoms with Gasteiger partial charge in [-0.3, -0.25) is 4.79 Å². The highest BCUT2D eigenvalue weighted by molar-refractivity contribution is 5.91. The molecular formula is C22H26N4O2. The van der Waals surface area contributed by atoms with Gasteiger partial charge in [0.2, 0.25) is 17.6 Å². The summed E-state index contributed by atoms with van der Waals surface area (Å²) in [7, 11) is 0. The molecule has 0 radical (unpaired) electrons. The molecule has 28 heavy (non-hydrogen) atoms. The lowest BCUT2D eigenvalue weighted by Gasteiger charge is -2.10. The van der Waals surface area contributed by atoms with Crippen LogP contribution in [0.15, 0.2) is 47.0 Å². The summed E-state index contributed by atoms with van der Waals surface area (Å²) < 4.78 is 5.38. The number of rotatable bonds is 7. The summed E-state index contributed by atoms with van der Waals surface area (Å²) in [5.74, 6) is 1.55. The van der Waals surface area contributed by atoms with E-state index < -0.39 is 0 Å². The summed E-state index contributed by atoms with van der Waals surface area (Å²) in [5, 5.41) is 10.2. The van der Waals surface area contributed by atoms with E-state index in [-0.39, 0.29) is 5.91 Å². The van der Waals surface area contributed by atoms with Crippen molar-refractivity contribution in [2.24, 2.45) is 0 Å². The average molecular weight is 378 g/mol. The van der Waals surface area contributed by atoms with E-state index in [0.29, 0.717) is 30.6 Å². The Morgan fingerprint density at radius 3 is 2.57 bits per heavy atom. The number of amides is 1. The molecule has 6 nitrogen and oxygen atoms in total. The molecule has 0 spiro atoms. The molecular weight excluding hydrogens is 352 g/mol. The standard InChI is InChI=1S/C22H26N4O2/c1-5-20(27)24-18-11-6-15(4)19(12-18)23-13-21-25-22(26-28-21)17-9-7-16(8-10-17)14(2)3/h6-12,14,23H,5,13H2,1-4H3,(H,24,27). The number of nitrogens with one attached hydrogen (secondary N) is 2. The minimum absolute atomic E-state index is 0.0140. The largest absolute Gasteiger partial charge is 0.376 e. The number of nitrogens with zero attached hydrogens (tertiary/aromatic N) is 2. The van der Waals surface area contributed by atoms with Crippen LogP contribution in [0.1, 0.15) is 50.1 Å². The Morgan fingerprint density at radius 1 is 1.14 bits per heavy atom. The smallest absolute Gasteiger partial charge is 0.246 e. The fourth-order valence-corrected chi connectivity index (χ4v) is 2.77. The zero-order valence-corrected chi connectivity index (χ0v) is 16.7. The van der Waals surface area contributed by atoms with Gasteiger partial charge in [-0.15, -0.1) is 0 Å². The van der Waals surface area contributed by atoms with Crippen molar-refractivity contribution in [3.05, 3.63) is 59.5 Å². The highest BCUT2D eigenvalue weighted by Gasteiger charge is 2.10. The van der Waals surface area contributed by atoms with Crippen LogP contribution in [0.3, 0.4) is 0 Å². The third kappa shape index (κ3) is 4.76. The van der Waals surface area contributed by atoms with Crippen LogP contribution in [0.5, 0.6) is 0 Å². The summed E-state index contributed by atoms with van der Waals surface area (Å²) >= 11 is 0. The van der Waals surface area contributed by atoms with Crippen LogP contribution in [-0.4, -0.2) is 16.0 Å². The van der Waals surface area contributed by atoms with E-state index in [1.807, 2.05) is 44.2 Å². The lowest BCUT2D eigenvalue weighted by Crippen LogP contribution is -2.10. The Hall–Kier alpha value is -3.15. The van der Waals surface area contributed by atoms with Crippen molar-refractivity contribution in [3.63, 3.8) is 0 Å². The Bertz CT molecular complexity index is 945. The second-order valence-corrected chi connectivity index (χ2v) is 7.07. The molecule has 0 saturated heterocycles. The lowest BCUT2D eigenvalue weighted by atomic mass is 10.0. The van der Waals surface area contributed by atoms with Crippen molar-refractivity contribution in [2.75, 3.05) is 10.6 Å². The topological polar surface area (TPSA) is 80.0 Å². The fraction of sp³-hybridized carbons (Fsp3) is 0.318. The van der Waals surface area contributed by atoms with Gasteiger partial charge in [0.25, 0.3) is 0 Å². The van der Waals surface area contributed by atoms with Gasteiger partial charge in [-0.25, -0.2) is 0 Å². The van der Waals surface area contributed by atoms with E-state index in [1.54, 1.807) is 0 Å². The third-order valence-electron chi connectivity index (χ3n) is 4.58. The summed E-state index contributed by atoms with van der Waals surface area (Å²) in [6.07, 6.45) is 0.444. The van der Waals surface area contributed by atoms with E-state index in [1.165, 1.54) is 5.56 Å². The van der Waals surface area contributed by atoms with E-state index in [0.717, 1.165) is 22.5 Å². The summed E-state index contributed by atoms with van der Waals surface area (Å²) in [4.78, 5) is 16.1. The molecule has 0 saturated carbocycles. The minimum Gasteiger partial charge on any atom is -0.376 e. The molecule has 0 aliphatic carbocycles. The fourth-order valence-electron chi connectivity index (χ4n) is 2.77. The lowest BCUT2D eigenvalue weighted by molar-refractivity contribution is -0.115. The first kappa shape index (κ1) is 19.6. The summed E-state index contributed by atoms with van der Waals surface area (Å²) in [5.41, 5.74) is 4.95. The maximum atomic E-state index is 11.6. The van der Waals surface area contributed by atoms with Gasteiger partial charge in [0, 0.05) is 23.4 Å². The third-order valence-corrected chi connectivity index (χ3v) is 4.58. The molecule has 1 amide bonds. The maximum absolute atomic E-state index is 11.6. The molecule has 6 heteroatoms. The van der Waals surface area contributed by atoms with Gasteiger partial charge in [0.15, 0.2) is 0 Å². The molecule has 0 unspecified atom stereocenters. The predicted molar refractivity (Wildman–Crippen MR) is 111 cm³/mol. The van der Waals surface area contributed by atoms with Crippen LogP contribution < -0.4 is 10.6 Å². The Morgan fingerprint density at radius 2 is 1.89 bits per heavy atom.